The van der Waals surface area contributed by atoms with Gasteiger partial charge in [0.2, 0.25) is 0 Å². The summed E-state index contributed by atoms with van der Waals surface area (Å²) in [6.45, 7) is 7.39. The number of ether oxygens (including phenoxy) is 1. The Labute approximate surface area is 210 Å². The summed E-state index contributed by atoms with van der Waals surface area (Å²) in [6, 6.07) is 7.96. The number of aromatic nitrogens is 4. The molecule has 0 amide bonds. The molecule has 0 radical (unpaired) electrons. The maximum Gasteiger partial charge on any atom is 0.459 e. The molecule has 0 spiro atoms. The molecule has 1 unspecified atom stereocenters. The van der Waals surface area contributed by atoms with E-state index in [0.717, 1.165) is 12.8 Å². The summed E-state index contributed by atoms with van der Waals surface area (Å²) >= 11 is 0. The number of hydrogen-bond acceptors (Lipinski definition) is 9. The molecule has 1 fully saturated rings. The molecule has 2 aromatic heterocycles. The molecule has 11 nitrogen and oxygen atoms in total. The number of imidazole rings is 1. The van der Waals surface area contributed by atoms with Crippen molar-refractivity contribution in [3.63, 3.8) is 0 Å². The summed E-state index contributed by atoms with van der Waals surface area (Å²) in [6.07, 6.45) is 4.60. The predicted molar refractivity (Wildman–Crippen MR) is 135 cm³/mol. The monoisotopic (exact) mass is 516 g/mol. The number of carbonyl (C=O) groups is 1. The quantitative estimate of drug-likeness (QED) is 0.298. The second-order valence-electron chi connectivity index (χ2n) is 9.38. The van der Waals surface area contributed by atoms with Crippen LogP contribution in [0.2, 0.25) is 0 Å². The molecular weight excluding hydrogens is 483 g/mol. The minimum absolute atomic E-state index is 0.0963. The number of nitrogens with two attached hydrogens (primary N) is 1. The zero-order chi connectivity index (χ0) is 25.9. The smallest absolute Gasteiger partial charge is 0.459 e. The standard InChI is InChI=1S/C24H33N6O5P/c1-15(2)34-24(31)17(4)29-36(32,35-19-8-6-5-7-9-19)33-12-18-10-11-20(16(18)3)30-14-28-21-22(25)26-13-27-23(21)30/h5-9,13-18,20H,10-12H2,1-4H3,(H,29,32)(H2,25,26,27)/t16?,17-,18-,20-,36-/m0/s1. The highest BCUT2D eigenvalue weighted by molar-refractivity contribution is 7.52. The third-order valence-corrected chi connectivity index (χ3v) is 8.06. The van der Waals surface area contributed by atoms with Gasteiger partial charge in [-0.1, -0.05) is 25.1 Å². The Morgan fingerprint density at radius 2 is 1.94 bits per heavy atom. The van der Waals surface area contributed by atoms with Crippen LogP contribution in [-0.2, 0) is 18.6 Å². The van der Waals surface area contributed by atoms with Crippen molar-refractivity contribution in [2.75, 3.05) is 12.3 Å². The molecule has 1 saturated carbocycles. The highest BCUT2D eigenvalue weighted by Gasteiger charge is 2.39. The molecule has 1 aromatic carbocycles. The summed E-state index contributed by atoms with van der Waals surface area (Å²) < 4.78 is 32.7. The number of esters is 1. The van der Waals surface area contributed by atoms with E-state index in [1.54, 1.807) is 51.4 Å². The topological polar surface area (TPSA) is 143 Å². The van der Waals surface area contributed by atoms with Crippen LogP contribution >= 0.6 is 7.75 Å². The number of carbonyl (C=O) groups excluding carboxylic acids is 1. The average Bonchev–Trinajstić information content (AvgIpc) is 3.42. The van der Waals surface area contributed by atoms with Gasteiger partial charge in [-0.2, -0.15) is 5.09 Å². The summed E-state index contributed by atoms with van der Waals surface area (Å²) in [5.74, 6) is 0.455. The van der Waals surface area contributed by atoms with Gasteiger partial charge in [-0.15, -0.1) is 0 Å². The van der Waals surface area contributed by atoms with Crippen molar-refractivity contribution in [3.05, 3.63) is 43.0 Å². The van der Waals surface area contributed by atoms with Gasteiger partial charge in [0.1, 0.15) is 23.6 Å². The molecule has 1 aliphatic carbocycles. The number of nitrogens with zero attached hydrogens (tertiary/aromatic N) is 4. The van der Waals surface area contributed by atoms with E-state index in [1.165, 1.54) is 6.33 Å². The Hall–Kier alpha value is -3.01. The van der Waals surface area contributed by atoms with E-state index in [4.69, 9.17) is 19.5 Å². The van der Waals surface area contributed by atoms with Crippen LogP contribution in [0.5, 0.6) is 5.75 Å². The fourth-order valence-electron chi connectivity index (χ4n) is 4.49. The number of benzene rings is 1. The third kappa shape index (κ3) is 5.86. The first-order chi connectivity index (χ1) is 17.2. The van der Waals surface area contributed by atoms with Gasteiger partial charge in [0.05, 0.1) is 19.0 Å². The van der Waals surface area contributed by atoms with E-state index in [9.17, 15) is 9.36 Å². The lowest BCUT2D eigenvalue weighted by Gasteiger charge is -2.26. The van der Waals surface area contributed by atoms with Crippen molar-refractivity contribution < 1.29 is 23.1 Å². The molecule has 36 heavy (non-hydrogen) atoms. The molecule has 0 bridgehead atoms. The summed E-state index contributed by atoms with van der Waals surface area (Å²) in [7, 11) is -3.91. The van der Waals surface area contributed by atoms with Crippen LogP contribution in [0.15, 0.2) is 43.0 Å². The highest BCUT2D eigenvalue weighted by Crippen LogP contribution is 2.48. The lowest BCUT2D eigenvalue weighted by Crippen LogP contribution is -2.36. The largest absolute Gasteiger partial charge is 0.462 e. The molecule has 3 N–H and O–H groups in total. The lowest BCUT2D eigenvalue weighted by atomic mass is 9.96. The van der Waals surface area contributed by atoms with Crippen molar-refractivity contribution in [2.45, 2.75) is 58.7 Å². The van der Waals surface area contributed by atoms with E-state index < -0.39 is 19.8 Å². The van der Waals surface area contributed by atoms with Gasteiger partial charge in [0.25, 0.3) is 0 Å². The first kappa shape index (κ1) is 26.1. The first-order valence-electron chi connectivity index (χ1n) is 12.1. The summed E-state index contributed by atoms with van der Waals surface area (Å²) in [4.78, 5) is 25.1. The van der Waals surface area contributed by atoms with Crippen LogP contribution in [0.4, 0.5) is 5.82 Å². The zero-order valence-electron chi connectivity index (χ0n) is 20.9. The van der Waals surface area contributed by atoms with Crippen LogP contribution in [0, 0.1) is 11.8 Å². The number of nitrogen functional groups attached to an aromatic ring is 1. The molecule has 5 atom stereocenters. The van der Waals surface area contributed by atoms with Crippen LogP contribution < -0.4 is 15.3 Å². The molecule has 4 rings (SSSR count). The van der Waals surface area contributed by atoms with E-state index in [0.29, 0.717) is 22.7 Å². The fourth-order valence-corrected chi connectivity index (χ4v) is 6.04. The third-order valence-electron chi connectivity index (χ3n) is 6.41. The number of anilines is 1. The Balaban J connectivity index is 1.47. The van der Waals surface area contributed by atoms with E-state index in [2.05, 4.69) is 27.0 Å². The number of fused-ring (bicyclic) bond motifs is 1. The predicted octanol–water partition coefficient (Wildman–Crippen LogP) is 4.13. The number of para-hydroxylation sites is 1. The lowest BCUT2D eigenvalue weighted by molar-refractivity contribution is -0.149. The second kappa shape index (κ2) is 10.9. The maximum absolute atomic E-state index is 13.8. The van der Waals surface area contributed by atoms with E-state index in [-0.39, 0.29) is 30.6 Å². The van der Waals surface area contributed by atoms with Gasteiger partial charge in [0.15, 0.2) is 11.5 Å². The number of rotatable bonds is 10. The zero-order valence-corrected chi connectivity index (χ0v) is 21.8. The average molecular weight is 517 g/mol. The Morgan fingerprint density at radius 3 is 2.67 bits per heavy atom. The van der Waals surface area contributed by atoms with Crippen molar-refractivity contribution in [2.24, 2.45) is 11.8 Å². The van der Waals surface area contributed by atoms with Gasteiger partial charge < -0.3 is 19.6 Å². The number of nitrogens with one attached hydrogen (secondary N) is 1. The summed E-state index contributed by atoms with van der Waals surface area (Å²) in [5.41, 5.74) is 7.22. The van der Waals surface area contributed by atoms with Gasteiger partial charge in [-0.3, -0.25) is 9.32 Å². The number of hydrogen-bond donors (Lipinski definition) is 2. The van der Waals surface area contributed by atoms with Gasteiger partial charge in [0, 0.05) is 6.04 Å². The molecular formula is C24H33N6O5P. The van der Waals surface area contributed by atoms with Crippen LogP contribution in [0.3, 0.4) is 0 Å². The van der Waals surface area contributed by atoms with Gasteiger partial charge in [-0.25, -0.2) is 19.5 Å². The molecule has 0 saturated heterocycles. The SMILES string of the molecule is CC(C)OC(=O)[C@H](C)N[P@](=O)(OC[C@@H]1CC[C@H](n2cnc3c(N)ncnc32)C1C)Oc1ccccc1. The van der Waals surface area contributed by atoms with Crippen molar-refractivity contribution in [3.8, 4) is 5.75 Å². The minimum atomic E-state index is -3.91. The molecule has 2 heterocycles. The molecule has 1 aliphatic rings. The molecule has 12 heteroatoms. The van der Waals surface area contributed by atoms with E-state index >= 15 is 0 Å². The maximum atomic E-state index is 13.8. The Morgan fingerprint density at radius 1 is 1.19 bits per heavy atom. The van der Waals surface area contributed by atoms with E-state index in [1.807, 2.05) is 10.6 Å². The van der Waals surface area contributed by atoms with Crippen LogP contribution in [0.25, 0.3) is 11.2 Å². The second-order valence-corrected chi connectivity index (χ2v) is 11.1. The van der Waals surface area contributed by atoms with Crippen LogP contribution in [-0.4, -0.2) is 44.2 Å². The Kier molecular flexibility index (Phi) is 7.92. The minimum Gasteiger partial charge on any atom is -0.462 e. The van der Waals surface area contributed by atoms with Crippen molar-refractivity contribution in [1.82, 2.24) is 24.6 Å². The van der Waals surface area contributed by atoms with Gasteiger partial charge in [-0.05, 0) is 57.6 Å². The van der Waals surface area contributed by atoms with Crippen LogP contribution in [0.1, 0.15) is 46.6 Å². The highest BCUT2D eigenvalue weighted by atomic mass is 31.2. The fraction of sp³-hybridized carbons (Fsp3) is 0.500. The normalized spacial score (nSPS) is 22.4. The van der Waals surface area contributed by atoms with Crippen molar-refractivity contribution in [1.29, 1.82) is 0 Å². The molecule has 194 valence electrons. The molecule has 0 aliphatic heterocycles. The molecule has 3 aromatic rings. The van der Waals surface area contributed by atoms with Gasteiger partial charge >= 0.3 is 13.7 Å². The first-order valence-corrected chi connectivity index (χ1v) is 13.6. The Bertz CT molecular complexity index is 1240. The summed E-state index contributed by atoms with van der Waals surface area (Å²) in [5, 5.41) is 2.75. The van der Waals surface area contributed by atoms with Crippen molar-refractivity contribution >= 4 is 30.7 Å².